The van der Waals surface area contributed by atoms with Gasteiger partial charge in [0, 0.05) is 39.8 Å². The van der Waals surface area contributed by atoms with Crippen LogP contribution in [0.25, 0.3) is 0 Å². The van der Waals surface area contributed by atoms with Crippen LogP contribution in [0.1, 0.15) is 31.7 Å². The van der Waals surface area contributed by atoms with Crippen molar-refractivity contribution < 1.29 is 9.47 Å². The molecule has 1 N–H and O–H groups in total. The van der Waals surface area contributed by atoms with E-state index in [-0.39, 0.29) is 5.60 Å². The van der Waals surface area contributed by atoms with Gasteiger partial charge in [-0.15, -0.1) is 0 Å². The van der Waals surface area contributed by atoms with Crippen molar-refractivity contribution in [2.75, 3.05) is 26.9 Å². The highest BCUT2D eigenvalue weighted by Gasteiger charge is 2.34. The van der Waals surface area contributed by atoms with Gasteiger partial charge < -0.3 is 14.8 Å². The Morgan fingerprint density at radius 1 is 1.50 bits per heavy atom. The molecule has 5 nitrogen and oxygen atoms in total. The summed E-state index contributed by atoms with van der Waals surface area (Å²) in [5.74, 6) is 0. The van der Waals surface area contributed by atoms with Crippen LogP contribution < -0.4 is 5.32 Å². The second kappa shape index (κ2) is 7.02. The van der Waals surface area contributed by atoms with Gasteiger partial charge >= 0.3 is 0 Å². The minimum Gasteiger partial charge on any atom is -0.378 e. The van der Waals surface area contributed by atoms with Gasteiger partial charge in [0.05, 0.1) is 22.5 Å². The number of nitrogens with one attached hydrogen (secondary N) is 1. The van der Waals surface area contributed by atoms with Gasteiger partial charge in [0.25, 0.3) is 0 Å². The molecule has 1 aromatic rings. The molecule has 0 radical (unpaired) electrons. The largest absolute Gasteiger partial charge is 0.378 e. The van der Waals surface area contributed by atoms with Crippen molar-refractivity contribution in [2.45, 2.75) is 45.4 Å². The molecule has 0 spiro atoms. The molecule has 1 aliphatic rings. The predicted molar refractivity (Wildman–Crippen MR) is 81.9 cm³/mol. The number of hydrogen-bond donors (Lipinski definition) is 1. The molecular weight excluding hydrogens is 322 g/mol. The third-order valence-electron chi connectivity index (χ3n) is 3.93. The fourth-order valence-electron chi connectivity index (χ4n) is 2.56. The third kappa shape index (κ3) is 3.24. The van der Waals surface area contributed by atoms with Crippen molar-refractivity contribution in [3.05, 3.63) is 15.9 Å². The van der Waals surface area contributed by atoms with E-state index in [4.69, 9.17) is 9.47 Å². The van der Waals surface area contributed by atoms with Crippen molar-refractivity contribution in [1.29, 1.82) is 0 Å². The van der Waals surface area contributed by atoms with Crippen molar-refractivity contribution in [2.24, 2.45) is 0 Å². The number of nitrogens with zero attached hydrogens (tertiary/aromatic N) is 2. The van der Waals surface area contributed by atoms with E-state index in [2.05, 4.69) is 44.9 Å². The number of methoxy groups -OCH3 is 1. The molecule has 1 fully saturated rings. The van der Waals surface area contributed by atoms with E-state index in [1.54, 1.807) is 7.11 Å². The van der Waals surface area contributed by atoms with E-state index in [1.807, 2.05) is 0 Å². The maximum atomic E-state index is 5.63. The minimum absolute atomic E-state index is 0.170. The van der Waals surface area contributed by atoms with Crippen LogP contribution in [0.5, 0.6) is 0 Å². The van der Waals surface area contributed by atoms with Crippen molar-refractivity contribution in [1.82, 2.24) is 15.1 Å². The lowest BCUT2D eigenvalue weighted by Crippen LogP contribution is -2.43. The van der Waals surface area contributed by atoms with Gasteiger partial charge in [0.15, 0.2) is 0 Å². The summed E-state index contributed by atoms with van der Waals surface area (Å²) in [6.07, 6.45) is 1.89. The summed E-state index contributed by atoms with van der Waals surface area (Å²) >= 11 is 3.67. The second-order valence-electron chi connectivity index (χ2n) is 5.17. The number of hydrogen-bond acceptors (Lipinski definition) is 4. The first-order chi connectivity index (χ1) is 9.65. The topological polar surface area (TPSA) is 48.3 Å². The van der Waals surface area contributed by atoms with Gasteiger partial charge in [-0.3, -0.25) is 4.68 Å². The monoisotopic (exact) mass is 345 g/mol. The number of halogens is 1. The first-order valence-electron chi connectivity index (χ1n) is 7.23. The summed E-state index contributed by atoms with van der Waals surface area (Å²) in [6.45, 7) is 8.16. The average molecular weight is 346 g/mol. The number of aromatic nitrogens is 2. The van der Waals surface area contributed by atoms with Gasteiger partial charge in [0.1, 0.15) is 5.60 Å². The van der Waals surface area contributed by atoms with Crippen LogP contribution in [0, 0.1) is 0 Å². The maximum Gasteiger partial charge on any atom is 0.106 e. The third-order valence-corrected chi connectivity index (χ3v) is 4.85. The van der Waals surface area contributed by atoms with E-state index < -0.39 is 0 Å². The van der Waals surface area contributed by atoms with Crippen LogP contribution in [0.15, 0.2) is 4.47 Å². The molecule has 1 saturated heterocycles. The minimum atomic E-state index is -0.170. The molecule has 1 unspecified atom stereocenters. The number of aryl methyl sites for hydroxylation is 2. The van der Waals surface area contributed by atoms with Crippen LogP contribution in [-0.4, -0.2) is 42.2 Å². The van der Waals surface area contributed by atoms with E-state index in [1.165, 1.54) is 5.69 Å². The standard InChI is InChI=1S/C14H24BrN3O2/c1-4-11-13(15)12(18(5-2)17-11)8-16-9-14(19-3)6-7-20-10-14/h16H,4-10H2,1-3H3. The molecule has 1 atom stereocenters. The fraction of sp³-hybridized carbons (Fsp3) is 0.786. The van der Waals surface area contributed by atoms with Crippen LogP contribution in [0.3, 0.4) is 0 Å². The first kappa shape index (κ1) is 15.9. The van der Waals surface area contributed by atoms with Crippen LogP contribution >= 0.6 is 15.9 Å². The lowest BCUT2D eigenvalue weighted by molar-refractivity contribution is -0.0160. The fourth-order valence-corrected chi connectivity index (χ4v) is 3.26. The lowest BCUT2D eigenvalue weighted by Gasteiger charge is -2.26. The molecule has 0 bridgehead atoms. The molecule has 1 aromatic heterocycles. The predicted octanol–water partition coefficient (Wildman–Crippen LogP) is 2.12. The average Bonchev–Trinajstić information content (AvgIpc) is 3.05. The SMILES string of the molecule is CCc1nn(CC)c(CNCC2(OC)CCOC2)c1Br. The molecule has 2 heterocycles. The molecule has 114 valence electrons. The van der Waals surface area contributed by atoms with Crippen molar-refractivity contribution in [3.8, 4) is 0 Å². The van der Waals surface area contributed by atoms with E-state index in [0.717, 1.165) is 49.2 Å². The smallest absolute Gasteiger partial charge is 0.106 e. The molecule has 0 aromatic carbocycles. The van der Waals surface area contributed by atoms with Crippen molar-refractivity contribution in [3.63, 3.8) is 0 Å². The Morgan fingerprint density at radius 3 is 2.85 bits per heavy atom. The Hall–Kier alpha value is -0.430. The van der Waals surface area contributed by atoms with E-state index >= 15 is 0 Å². The summed E-state index contributed by atoms with van der Waals surface area (Å²) in [4.78, 5) is 0. The Balaban J connectivity index is 1.98. The van der Waals surface area contributed by atoms with Crippen LogP contribution in [-0.2, 0) is 29.0 Å². The zero-order valence-corrected chi connectivity index (χ0v) is 14.1. The lowest BCUT2D eigenvalue weighted by atomic mass is 10.0. The van der Waals surface area contributed by atoms with Gasteiger partial charge in [-0.25, -0.2) is 0 Å². The highest BCUT2D eigenvalue weighted by molar-refractivity contribution is 9.10. The van der Waals surface area contributed by atoms with Gasteiger partial charge in [0.2, 0.25) is 0 Å². The molecule has 0 amide bonds. The van der Waals surface area contributed by atoms with Crippen LogP contribution in [0.2, 0.25) is 0 Å². The zero-order valence-electron chi connectivity index (χ0n) is 12.5. The molecule has 0 aliphatic carbocycles. The first-order valence-corrected chi connectivity index (χ1v) is 8.02. The summed E-state index contributed by atoms with van der Waals surface area (Å²) < 4.78 is 14.3. The van der Waals surface area contributed by atoms with E-state index in [0.29, 0.717) is 6.61 Å². The number of rotatable bonds is 7. The summed E-state index contributed by atoms with van der Waals surface area (Å²) in [6, 6.07) is 0. The normalized spacial score (nSPS) is 22.6. The Labute approximate surface area is 129 Å². The summed E-state index contributed by atoms with van der Waals surface area (Å²) in [5, 5.41) is 8.10. The molecule has 2 rings (SSSR count). The second-order valence-corrected chi connectivity index (χ2v) is 5.96. The van der Waals surface area contributed by atoms with Gasteiger partial charge in [-0.1, -0.05) is 6.92 Å². The summed E-state index contributed by atoms with van der Waals surface area (Å²) in [5.41, 5.74) is 2.15. The quantitative estimate of drug-likeness (QED) is 0.822. The van der Waals surface area contributed by atoms with E-state index in [9.17, 15) is 0 Å². The Bertz CT molecular complexity index is 442. The molecule has 20 heavy (non-hydrogen) atoms. The Morgan fingerprint density at radius 2 is 2.30 bits per heavy atom. The molecule has 6 heteroatoms. The Kier molecular flexibility index (Phi) is 5.60. The highest BCUT2D eigenvalue weighted by Crippen LogP contribution is 2.24. The molecule has 1 aliphatic heterocycles. The van der Waals surface area contributed by atoms with Crippen molar-refractivity contribution >= 4 is 15.9 Å². The highest BCUT2D eigenvalue weighted by atomic mass is 79.9. The maximum absolute atomic E-state index is 5.63. The number of ether oxygens (including phenoxy) is 2. The molecular formula is C14H24BrN3O2. The summed E-state index contributed by atoms with van der Waals surface area (Å²) in [7, 11) is 1.76. The van der Waals surface area contributed by atoms with Crippen LogP contribution in [0.4, 0.5) is 0 Å². The zero-order chi connectivity index (χ0) is 14.6. The van der Waals surface area contributed by atoms with Gasteiger partial charge in [-0.2, -0.15) is 5.10 Å². The van der Waals surface area contributed by atoms with Gasteiger partial charge in [-0.05, 0) is 29.3 Å². The molecule has 0 saturated carbocycles.